The van der Waals surface area contributed by atoms with E-state index >= 15 is 0 Å². The molecule has 166 valence electrons. The Morgan fingerprint density at radius 1 is 0.935 bits per heavy atom. The number of rotatable bonds is 11. The van der Waals surface area contributed by atoms with Crippen LogP contribution in [0.2, 0.25) is 5.02 Å². The average Bonchev–Trinajstić information content (AvgIpc) is 3.31. The normalized spacial score (nSPS) is 17.7. The maximum Gasteiger partial charge on any atom is 0.151 e. The standard InChI is InChI=1S/C23H32ClN7/c24-19-3-4-20-21(5-8-27-22(20)17-19)26-7-2-12-31-15-13-30(14-16-31)11-1-6-25-18-23-28-9-10-29-23/h3-5,8-10,17,23,25H,1-2,6-7,11-16,18H2,(H,26,27). The van der Waals surface area contributed by atoms with Gasteiger partial charge in [0.25, 0.3) is 0 Å². The van der Waals surface area contributed by atoms with Crippen molar-refractivity contribution in [2.75, 3.05) is 64.2 Å². The number of benzene rings is 1. The lowest BCUT2D eigenvalue weighted by Gasteiger charge is -2.34. The summed E-state index contributed by atoms with van der Waals surface area (Å²) in [6, 6.07) is 7.91. The van der Waals surface area contributed by atoms with Gasteiger partial charge in [0.2, 0.25) is 0 Å². The van der Waals surface area contributed by atoms with Gasteiger partial charge in [-0.25, -0.2) is 0 Å². The Bertz CT molecular complexity index is 881. The number of piperazine rings is 1. The van der Waals surface area contributed by atoms with Gasteiger partial charge < -0.3 is 20.4 Å². The lowest BCUT2D eigenvalue weighted by atomic mass is 10.2. The number of pyridine rings is 1. The van der Waals surface area contributed by atoms with E-state index in [9.17, 15) is 0 Å². The van der Waals surface area contributed by atoms with Crippen LogP contribution in [0.1, 0.15) is 12.8 Å². The highest BCUT2D eigenvalue weighted by molar-refractivity contribution is 6.31. The molecule has 1 aromatic heterocycles. The van der Waals surface area contributed by atoms with Gasteiger partial charge in [-0.2, -0.15) is 0 Å². The number of halogens is 1. The van der Waals surface area contributed by atoms with E-state index in [2.05, 4.69) is 35.4 Å². The molecular weight excluding hydrogens is 410 g/mol. The summed E-state index contributed by atoms with van der Waals surface area (Å²) in [7, 11) is 0. The van der Waals surface area contributed by atoms with Crippen LogP contribution < -0.4 is 10.6 Å². The molecule has 0 radical (unpaired) electrons. The minimum Gasteiger partial charge on any atom is -0.384 e. The minimum atomic E-state index is 0.0915. The Kier molecular flexibility index (Phi) is 8.24. The second kappa shape index (κ2) is 11.5. The molecule has 7 nitrogen and oxygen atoms in total. The van der Waals surface area contributed by atoms with Crippen LogP contribution in [-0.4, -0.2) is 92.3 Å². The first kappa shape index (κ1) is 22.1. The number of fused-ring (bicyclic) bond motifs is 1. The smallest absolute Gasteiger partial charge is 0.151 e. The van der Waals surface area contributed by atoms with E-state index in [1.54, 1.807) is 12.4 Å². The molecule has 2 N–H and O–H groups in total. The molecule has 1 saturated heterocycles. The molecule has 0 atom stereocenters. The van der Waals surface area contributed by atoms with Gasteiger partial charge in [-0.05, 0) is 56.7 Å². The fourth-order valence-corrected chi connectivity index (χ4v) is 4.28. The molecule has 0 spiro atoms. The highest BCUT2D eigenvalue weighted by atomic mass is 35.5. The molecule has 2 aliphatic rings. The molecule has 4 rings (SSSR count). The fraction of sp³-hybridized carbons (Fsp3) is 0.522. The van der Waals surface area contributed by atoms with Crippen LogP contribution in [-0.2, 0) is 0 Å². The van der Waals surface area contributed by atoms with Crippen molar-refractivity contribution in [2.45, 2.75) is 19.0 Å². The van der Waals surface area contributed by atoms with Crippen LogP contribution in [0.25, 0.3) is 10.9 Å². The molecule has 2 aliphatic heterocycles. The summed E-state index contributed by atoms with van der Waals surface area (Å²) in [6.07, 6.45) is 7.79. The summed E-state index contributed by atoms with van der Waals surface area (Å²) in [5.74, 6) is 0. The van der Waals surface area contributed by atoms with Crippen LogP contribution >= 0.6 is 11.6 Å². The SMILES string of the molecule is Clc1ccc2c(NCCCN3CCN(CCCNCC4N=CC=N4)CC3)ccnc2c1. The number of nitrogens with zero attached hydrogens (tertiary/aromatic N) is 5. The summed E-state index contributed by atoms with van der Waals surface area (Å²) < 4.78 is 0. The second-order valence-electron chi connectivity index (χ2n) is 8.12. The molecule has 0 aliphatic carbocycles. The highest BCUT2D eigenvalue weighted by Gasteiger charge is 2.16. The topological polar surface area (TPSA) is 68.2 Å². The fourth-order valence-electron chi connectivity index (χ4n) is 4.12. The third-order valence-electron chi connectivity index (χ3n) is 5.87. The van der Waals surface area contributed by atoms with E-state index in [0.29, 0.717) is 0 Å². The zero-order valence-electron chi connectivity index (χ0n) is 18.0. The molecule has 3 heterocycles. The summed E-state index contributed by atoms with van der Waals surface area (Å²) >= 11 is 6.08. The van der Waals surface area contributed by atoms with Crippen molar-refractivity contribution in [1.82, 2.24) is 20.1 Å². The molecular formula is C23H32ClN7. The monoisotopic (exact) mass is 441 g/mol. The van der Waals surface area contributed by atoms with Crippen molar-refractivity contribution in [1.29, 1.82) is 0 Å². The zero-order valence-corrected chi connectivity index (χ0v) is 18.8. The van der Waals surface area contributed by atoms with Crippen LogP contribution in [0.15, 0.2) is 40.4 Å². The molecule has 1 fully saturated rings. The van der Waals surface area contributed by atoms with Crippen molar-refractivity contribution < 1.29 is 0 Å². The van der Waals surface area contributed by atoms with Crippen molar-refractivity contribution in [3.05, 3.63) is 35.5 Å². The van der Waals surface area contributed by atoms with Gasteiger partial charge in [-0.15, -0.1) is 0 Å². The number of aromatic nitrogens is 1. The zero-order chi connectivity index (χ0) is 21.3. The minimum absolute atomic E-state index is 0.0915. The maximum absolute atomic E-state index is 6.08. The van der Waals surface area contributed by atoms with Crippen molar-refractivity contribution in [3.63, 3.8) is 0 Å². The predicted molar refractivity (Wildman–Crippen MR) is 131 cm³/mol. The van der Waals surface area contributed by atoms with Gasteiger partial charge in [0.15, 0.2) is 6.17 Å². The Balaban J connectivity index is 1.07. The highest BCUT2D eigenvalue weighted by Crippen LogP contribution is 2.24. The Labute approximate surface area is 189 Å². The van der Waals surface area contributed by atoms with E-state index in [1.807, 2.05) is 30.5 Å². The van der Waals surface area contributed by atoms with Crippen LogP contribution in [0.4, 0.5) is 5.69 Å². The summed E-state index contributed by atoms with van der Waals surface area (Å²) in [5, 5.41) is 8.87. The van der Waals surface area contributed by atoms with Gasteiger partial charge in [-0.1, -0.05) is 11.6 Å². The molecule has 8 heteroatoms. The Morgan fingerprint density at radius 2 is 1.65 bits per heavy atom. The second-order valence-corrected chi connectivity index (χ2v) is 8.55. The van der Waals surface area contributed by atoms with E-state index < -0.39 is 0 Å². The van der Waals surface area contributed by atoms with E-state index in [0.717, 1.165) is 67.3 Å². The molecule has 31 heavy (non-hydrogen) atoms. The number of anilines is 1. The van der Waals surface area contributed by atoms with Gasteiger partial charge in [0.1, 0.15) is 0 Å². The molecule has 0 unspecified atom stereocenters. The van der Waals surface area contributed by atoms with E-state index in [-0.39, 0.29) is 6.17 Å². The first-order chi connectivity index (χ1) is 15.3. The molecule has 0 amide bonds. The van der Waals surface area contributed by atoms with Gasteiger partial charge >= 0.3 is 0 Å². The van der Waals surface area contributed by atoms with Crippen molar-refractivity contribution >= 4 is 40.6 Å². The third-order valence-corrected chi connectivity index (χ3v) is 6.11. The Hall–Kier alpha value is -2.06. The predicted octanol–water partition coefficient (Wildman–Crippen LogP) is 2.77. The average molecular weight is 442 g/mol. The quantitative estimate of drug-likeness (QED) is 0.525. The largest absolute Gasteiger partial charge is 0.384 e. The molecule has 1 aromatic carbocycles. The van der Waals surface area contributed by atoms with Crippen LogP contribution in [0.3, 0.4) is 0 Å². The molecule has 0 saturated carbocycles. The maximum atomic E-state index is 6.08. The van der Waals surface area contributed by atoms with Gasteiger partial charge in [0.05, 0.1) is 5.52 Å². The summed E-state index contributed by atoms with van der Waals surface area (Å²) in [6.45, 7) is 9.80. The lowest BCUT2D eigenvalue weighted by Crippen LogP contribution is -2.47. The number of aliphatic imine (C=N–C) groups is 2. The Morgan fingerprint density at radius 3 is 2.39 bits per heavy atom. The summed E-state index contributed by atoms with van der Waals surface area (Å²) in [4.78, 5) is 18.1. The third kappa shape index (κ3) is 6.71. The van der Waals surface area contributed by atoms with Crippen molar-refractivity contribution in [2.24, 2.45) is 9.98 Å². The number of hydrogen-bond acceptors (Lipinski definition) is 7. The summed E-state index contributed by atoms with van der Waals surface area (Å²) in [5.41, 5.74) is 2.07. The van der Waals surface area contributed by atoms with Gasteiger partial charge in [-0.3, -0.25) is 15.0 Å². The molecule has 0 bridgehead atoms. The van der Waals surface area contributed by atoms with Gasteiger partial charge in [0, 0.05) is 74.0 Å². The number of hydrogen-bond donors (Lipinski definition) is 2. The number of nitrogens with one attached hydrogen (secondary N) is 2. The molecule has 2 aromatic rings. The van der Waals surface area contributed by atoms with Crippen LogP contribution in [0.5, 0.6) is 0 Å². The lowest BCUT2D eigenvalue weighted by molar-refractivity contribution is 0.131. The van der Waals surface area contributed by atoms with E-state index in [4.69, 9.17) is 11.6 Å². The van der Waals surface area contributed by atoms with Crippen molar-refractivity contribution in [3.8, 4) is 0 Å². The first-order valence-electron chi connectivity index (χ1n) is 11.3. The van der Waals surface area contributed by atoms with Crippen LogP contribution in [0, 0.1) is 0 Å². The first-order valence-corrected chi connectivity index (χ1v) is 11.6. The van der Waals surface area contributed by atoms with E-state index in [1.165, 1.54) is 26.1 Å².